The zero-order valence-electron chi connectivity index (χ0n) is 11.5. The molecule has 0 aromatic rings. The summed E-state index contributed by atoms with van der Waals surface area (Å²) in [5.74, 6) is -1.05. The third-order valence-electron chi connectivity index (χ3n) is 2.92. The molecule has 4 nitrogen and oxygen atoms in total. The lowest BCUT2D eigenvalue weighted by molar-refractivity contribution is -0.151. The third kappa shape index (κ3) is 6.41. The highest BCUT2D eigenvalue weighted by molar-refractivity contribution is 5.97. The number of nitrogens with zero attached hydrogens (tertiary/aromatic N) is 1. The van der Waals surface area contributed by atoms with Crippen LogP contribution < -0.4 is 0 Å². The SMILES string of the molecule is CCOC(=O)C(CCCN(CC)CC)C(C)=O. The molecule has 100 valence electrons. The number of esters is 1. The van der Waals surface area contributed by atoms with Gasteiger partial charge in [0.1, 0.15) is 11.7 Å². The summed E-state index contributed by atoms with van der Waals surface area (Å²) in [7, 11) is 0. The van der Waals surface area contributed by atoms with E-state index in [1.807, 2.05) is 0 Å². The van der Waals surface area contributed by atoms with Crippen LogP contribution in [0.5, 0.6) is 0 Å². The van der Waals surface area contributed by atoms with E-state index in [1.165, 1.54) is 6.92 Å². The molecule has 0 saturated heterocycles. The predicted octanol–water partition coefficient (Wildman–Crippen LogP) is 1.88. The molecule has 0 N–H and O–H groups in total. The summed E-state index contributed by atoms with van der Waals surface area (Å²) >= 11 is 0. The van der Waals surface area contributed by atoms with Crippen LogP contribution in [0, 0.1) is 5.92 Å². The van der Waals surface area contributed by atoms with E-state index in [4.69, 9.17) is 4.74 Å². The molecule has 0 aliphatic carbocycles. The van der Waals surface area contributed by atoms with E-state index in [9.17, 15) is 9.59 Å². The second kappa shape index (κ2) is 9.16. The molecule has 0 aliphatic heterocycles. The quantitative estimate of drug-likeness (QED) is 0.458. The van der Waals surface area contributed by atoms with E-state index in [1.54, 1.807) is 6.92 Å². The van der Waals surface area contributed by atoms with E-state index < -0.39 is 5.92 Å². The van der Waals surface area contributed by atoms with Crippen LogP contribution in [0.1, 0.15) is 40.5 Å². The fourth-order valence-electron chi connectivity index (χ4n) is 1.79. The van der Waals surface area contributed by atoms with Gasteiger partial charge in [-0.1, -0.05) is 13.8 Å². The van der Waals surface area contributed by atoms with Crippen LogP contribution in [-0.2, 0) is 14.3 Å². The Morgan fingerprint density at radius 1 is 1.18 bits per heavy atom. The maximum absolute atomic E-state index is 11.5. The number of carbonyl (C=O) groups excluding carboxylic acids is 2. The van der Waals surface area contributed by atoms with Crippen molar-refractivity contribution in [3.05, 3.63) is 0 Å². The molecular formula is C13H25NO3. The molecule has 0 amide bonds. The fourth-order valence-corrected chi connectivity index (χ4v) is 1.79. The molecule has 1 atom stereocenters. The third-order valence-corrected chi connectivity index (χ3v) is 2.92. The number of ketones is 1. The molecule has 0 spiro atoms. The highest BCUT2D eigenvalue weighted by atomic mass is 16.5. The lowest BCUT2D eigenvalue weighted by Crippen LogP contribution is -2.28. The molecule has 0 aromatic heterocycles. The summed E-state index contributed by atoms with van der Waals surface area (Å²) in [5, 5.41) is 0. The minimum atomic E-state index is -0.578. The topological polar surface area (TPSA) is 46.6 Å². The first-order valence-electron chi connectivity index (χ1n) is 6.46. The summed E-state index contributed by atoms with van der Waals surface area (Å²) in [6, 6.07) is 0. The largest absolute Gasteiger partial charge is 0.465 e. The normalized spacial score (nSPS) is 12.5. The number of carbonyl (C=O) groups is 2. The van der Waals surface area contributed by atoms with Gasteiger partial charge in [0, 0.05) is 0 Å². The lowest BCUT2D eigenvalue weighted by Gasteiger charge is -2.19. The van der Waals surface area contributed by atoms with Gasteiger partial charge in [0.2, 0.25) is 0 Å². The second-order valence-electron chi connectivity index (χ2n) is 4.08. The minimum Gasteiger partial charge on any atom is -0.465 e. The standard InChI is InChI=1S/C13H25NO3/c1-5-14(6-2)10-8-9-12(11(4)15)13(16)17-7-3/h12H,5-10H2,1-4H3. The van der Waals surface area contributed by atoms with E-state index in [2.05, 4.69) is 18.7 Å². The Balaban J connectivity index is 4.10. The number of Topliss-reactive ketones (excluding diaryl/α,β-unsaturated/α-hetero) is 1. The van der Waals surface area contributed by atoms with Crippen molar-refractivity contribution in [2.24, 2.45) is 5.92 Å². The van der Waals surface area contributed by atoms with E-state index in [-0.39, 0.29) is 11.8 Å². The predicted molar refractivity (Wildman–Crippen MR) is 67.8 cm³/mol. The van der Waals surface area contributed by atoms with Gasteiger partial charge in [-0.3, -0.25) is 9.59 Å². The van der Waals surface area contributed by atoms with Crippen LogP contribution in [0.2, 0.25) is 0 Å². The van der Waals surface area contributed by atoms with Gasteiger partial charge >= 0.3 is 5.97 Å². The molecule has 0 aliphatic rings. The summed E-state index contributed by atoms with van der Waals surface area (Å²) in [6.07, 6.45) is 1.44. The lowest BCUT2D eigenvalue weighted by atomic mass is 9.99. The maximum Gasteiger partial charge on any atom is 0.316 e. The van der Waals surface area contributed by atoms with Gasteiger partial charge in [-0.2, -0.15) is 0 Å². The van der Waals surface area contributed by atoms with Crippen LogP contribution in [0.15, 0.2) is 0 Å². The van der Waals surface area contributed by atoms with Gasteiger partial charge < -0.3 is 9.64 Å². The summed E-state index contributed by atoms with van der Waals surface area (Å²) in [6.45, 7) is 10.7. The molecular weight excluding hydrogens is 218 g/mol. The Kier molecular flexibility index (Phi) is 8.68. The van der Waals surface area contributed by atoms with Crippen molar-refractivity contribution in [1.82, 2.24) is 4.90 Å². The fraction of sp³-hybridized carbons (Fsp3) is 0.846. The Labute approximate surface area is 104 Å². The van der Waals surface area contributed by atoms with Crippen LogP contribution in [0.25, 0.3) is 0 Å². The van der Waals surface area contributed by atoms with Crippen molar-refractivity contribution in [2.75, 3.05) is 26.2 Å². The monoisotopic (exact) mass is 243 g/mol. The number of ether oxygens (including phenoxy) is 1. The van der Waals surface area contributed by atoms with Crippen molar-refractivity contribution in [3.63, 3.8) is 0 Å². The molecule has 0 rings (SSSR count). The zero-order chi connectivity index (χ0) is 13.3. The Bertz CT molecular complexity index is 237. The first-order valence-corrected chi connectivity index (χ1v) is 6.46. The smallest absolute Gasteiger partial charge is 0.316 e. The Hall–Kier alpha value is -0.900. The molecule has 17 heavy (non-hydrogen) atoms. The van der Waals surface area contributed by atoms with Crippen LogP contribution >= 0.6 is 0 Å². The van der Waals surface area contributed by atoms with Gasteiger partial charge in [0.25, 0.3) is 0 Å². The number of rotatable bonds is 9. The average Bonchev–Trinajstić information content (AvgIpc) is 2.29. The first kappa shape index (κ1) is 16.1. The van der Waals surface area contributed by atoms with Crippen molar-refractivity contribution in [2.45, 2.75) is 40.5 Å². The van der Waals surface area contributed by atoms with Crippen LogP contribution in [0.3, 0.4) is 0 Å². The zero-order valence-corrected chi connectivity index (χ0v) is 11.5. The Morgan fingerprint density at radius 2 is 1.76 bits per heavy atom. The molecule has 0 saturated carbocycles. The van der Waals surface area contributed by atoms with E-state index in [0.29, 0.717) is 13.0 Å². The minimum absolute atomic E-state index is 0.0944. The van der Waals surface area contributed by atoms with Crippen molar-refractivity contribution in [3.8, 4) is 0 Å². The second-order valence-corrected chi connectivity index (χ2v) is 4.08. The van der Waals surface area contributed by atoms with E-state index >= 15 is 0 Å². The van der Waals surface area contributed by atoms with Crippen molar-refractivity contribution >= 4 is 11.8 Å². The Morgan fingerprint density at radius 3 is 2.18 bits per heavy atom. The molecule has 0 heterocycles. The summed E-state index contributed by atoms with van der Waals surface area (Å²) in [4.78, 5) is 25.2. The van der Waals surface area contributed by atoms with Gasteiger partial charge in [-0.05, 0) is 46.3 Å². The van der Waals surface area contributed by atoms with Crippen LogP contribution in [-0.4, -0.2) is 42.9 Å². The van der Waals surface area contributed by atoms with Crippen molar-refractivity contribution in [1.29, 1.82) is 0 Å². The van der Waals surface area contributed by atoms with E-state index in [0.717, 1.165) is 26.1 Å². The van der Waals surface area contributed by atoms with Gasteiger partial charge in [-0.25, -0.2) is 0 Å². The van der Waals surface area contributed by atoms with Gasteiger partial charge in [0.15, 0.2) is 0 Å². The molecule has 0 radical (unpaired) electrons. The number of hydrogen-bond acceptors (Lipinski definition) is 4. The van der Waals surface area contributed by atoms with Crippen molar-refractivity contribution < 1.29 is 14.3 Å². The molecule has 4 heteroatoms. The van der Waals surface area contributed by atoms with Gasteiger partial charge in [0.05, 0.1) is 6.61 Å². The first-order chi connectivity index (χ1) is 8.06. The molecule has 0 aromatic carbocycles. The van der Waals surface area contributed by atoms with Crippen LogP contribution in [0.4, 0.5) is 0 Å². The molecule has 1 unspecified atom stereocenters. The highest BCUT2D eigenvalue weighted by Crippen LogP contribution is 2.11. The molecule has 0 fully saturated rings. The maximum atomic E-state index is 11.5. The highest BCUT2D eigenvalue weighted by Gasteiger charge is 2.24. The summed E-state index contributed by atoms with van der Waals surface area (Å²) in [5.41, 5.74) is 0. The number of hydrogen-bond donors (Lipinski definition) is 0. The molecule has 0 bridgehead atoms. The van der Waals surface area contributed by atoms with Gasteiger partial charge in [-0.15, -0.1) is 0 Å². The average molecular weight is 243 g/mol. The summed E-state index contributed by atoms with van der Waals surface area (Å²) < 4.78 is 4.90.